The van der Waals surface area contributed by atoms with E-state index in [-0.39, 0.29) is 0 Å². The Morgan fingerprint density at radius 3 is 1.10 bits per heavy atom. The second-order valence-corrected chi connectivity index (χ2v) is 6.25. The van der Waals surface area contributed by atoms with Gasteiger partial charge in [0.2, 0.25) is 0 Å². The molecule has 0 aromatic carbocycles. The molecule has 0 aliphatic carbocycles. The van der Waals surface area contributed by atoms with E-state index in [1.165, 1.54) is 0 Å². The molecule has 6 nitrogen and oxygen atoms in total. The number of ether oxygens (including phenoxy) is 2. The largest absolute Gasteiger partial charge is 0.389 e. The lowest BCUT2D eigenvalue weighted by atomic mass is 9.97. The molecule has 0 fully saturated rings. The Kier molecular flexibility index (Phi) is 5.81. The third-order valence-electron chi connectivity index (χ3n) is 1.97. The maximum absolute atomic E-state index is 11.4. The highest BCUT2D eigenvalue weighted by molar-refractivity contribution is 6.00. The minimum absolute atomic E-state index is 0.716. The van der Waals surface area contributed by atoms with E-state index in [9.17, 15) is 19.2 Å². The predicted molar refractivity (Wildman–Crippen MR) is 70.2 cm³/mol. The highest BCUT2D eigenvalue weighted by Gasteiger charge is 2.26. The van der Waals surface area contributed by atoms with Crippen LogP contribution in [0.15, 0.2) is 12.2 Å². The van der Waals surface area contributed by atoms with Gasteiger partial charge in [-0.05, 0) is 41.5 Å². The first kappa shape index (κ1) is 18.0. The number of carbonyl (C=O) groups excluding carboxylic acids is 4. The van der Waals surface area contributed by atoms with Crippen LogP contribution >= 0.6 is 0 Å². The predicted octanol–water partition coefficient (Wildman–Crippen LogP) is 1.77. The molecule has 0 saturated carbocycles. The maximum Gasteiger partial charge on any atom is 0.338 e. The molecule has 0 aromatic heterocycles. The molecule has 0 radical (unpaired) electrons. The van der Waals surface area contributed by atoms with Gasteiger partial charge in [-0.2, -0.15) is 0 Å². The number of carbonyl (C=O) groups is 4. The number of rotatable bonds is 2. The topological polar surface area (TPSA) is 86.7 Å². The molecule has 112 valence electrons. The van der Waals surface area contributed by atoms with Gasteiger partial charge in [0.15, 0.2) is 0 Å². The van der Waals surface area contributed by atoms with Crippen LogP contribution < -0.4 is 0 Å². The van der Waals surface area contributed by atoms with E-state index in [1.807, 2.05) is 0 Å². The van der Waals surface area contributed by atoms with Gasteiger partial charge in [0.05, 0.1) is 10.8 Å². The monoisotopic (exact) mass is 284 g/mol. The summed E-state index contributed by atoms with van der Waals surface area (Å²) in [6, 6.07) is 0. The van der Waals surface area contributed by atoms with E-state index < -0.39 is 34.7 Å². The van der Waals surface area contributed by atoms with Gasteiger partial charge in [-0.3, -0.25) is 9.59 Å². The van der Waals surface area contributed by atoms with Gasteiger partial charge < -0.3 is 9.47 Å². The fourth-order valence-corrected chi connectivity index (χ4v) is 0.693. The standard InChI is InChI=1S/C14H20O6/c1-13(2,3)11(17)19-9(15)7-8-10(16)20-12(18)14(4,5)6/h7-8H,1-6H3/b8-7+. The van der Waals surface area contributed by atoms with Gasteiger partial charge in [-0.15, -0.1) is 0 Å². The molecule has 0 aliphatic heterocycles. The average molecular weight is 284 g/mol. The van der Waals surface area contributed by atoms with Crippen molar-refractivity contribution >= 4 is 23.9 Å². The van der Waals surface area contributed by atoms with Crippen molar-refractivity contribution in [3.8, 4) is 0 Å². The van der Waals surface area contributed by atoms with E-state index in [1.54, 1.807) is 41.5 Å². The van der Waals surface area contributed by atoms with E-state index in [0.29, 0.717) is 0 Å². The van der Waals surface area contributed by atoms with Gasteiger partial charge in [0.25, 0.3) is 0 Å². The summed E-state index contributed by atoms with van der Waals surface area (Å²) >= 11 is 0. The number of hydrogen-bond donors (Lipinski definition) is 0. The Morgan fingerprint density at radius 2 is 0.900 bits per heavy atom. The summed E-state index contributed by atoms with van der Waals surface area (Å²) in [5.41, 5.74) is -1.65. The number of esters is 4. The van der Waals surface area contributed by atoms with Crippen molar-refractivity contribution in [2.45, 2.75) is 41.5 Å². The third kappa shape index (κ3) is 6.82. The lowest BCUT2D eigenvalue weighted by Crippen LogP contribution is -2.26. The molecule has 0 N–H and O–H groups in total. The SMILES string of the molecule is CC(C)(C)C(=O)OC(=O)/C=C/C(=O)OC(=O)C(C)(C)C. The van der Waals surface area contributed by atoms with Crippen molar-refractivity contribution in [2.75, 3.05) is 0 Å². The van der Waals surface area contributed by atoms with E-state index in [0.717, 1.165) is 12.2 Å². The van der Waals surface area contributed by atoms with Crippen LogP contribution in [0.1, 0.15) is 41.5 Å². The molecule has 0 atom stereocenters. The molecule has 0 aliphatic rings. The van der Waals surface area contributed by atoms with Crippen molar-refractivity contribution in [1.82, 2.24) is 0 Å². The zero-order valence-electron chi connectivity index (χ0n) is 12.6. The summed E-state index contributed by atoms with van der Waals surface area (Å²) in [5, 5.41) is 0. The van der Waals surface area contributed by atoms with Crippen LogP contribution in [0.3, 0.4) is 0 Å². The molecule has 0 rings (SSSR count). The van der Waals surface area contributed by atoms with Crippen LogP contribution in [-0.2, 0) is 28.7 Å². The summed E-state index contributed by atoms with van der Waals surface area (Å²) in [4.78, 5) is 45.3. The minimum atomic E-state index is -0.995. The van der Waals surface area contributed by atoms with Crippen LogP contribution in [-0.4, -0.2) is 23.9 Å². The Hall–Kier alpha value is -1.98. The van der Waals surface area contributed by atoms with Crippen LogP contribution in [0.2, 0.25) is 0 Å². The molecule has 6 heteroatoms. The molecule has 0 aromatic rings. The molecule has 0 heterocycles. The lowest BCUT2D eigenvalue weighted by molar-refractivity contribution is -0.165. The zero-order valence-corrected chi connectivity index (χ0v) is 12.6. The van der Waals surface area contributed by atoms with Gasteiger partial charge in [0.1, 0.15) is 0 Å². The summed E-state index contributed by atoms with van der Waals surface area (Å²) < 4.78 is 8.96. The van der Waals surface area contributed by atoms with Crippen molar-refractivity contribution < 1.29 is 28.7 Å². The first-order valence-corrected chi connectivity index (χ1v) is 6.04. The van der Waals surface area contributed by atoms with Crippen molar-refractivity contribution in [3.05, 3.63) is 12.2 Å². The third-order valence-corrected chi connectivity index (χ3v) is 1.97. The second kappa shape index (κ2) is 6.45. The first-order valence-electron chi connectivity index (χ1n) is 6.04. The molecule has 20 heavy (non-hydrogen) atoms. The summed E-state index contributed by atoms with van der Waals surface area (Å²) in [6.07, 6.45) is 1.48. The fraction of sp³-hybridized carbons (Fsp3) is 0.571. The van der Waals surface area contributed by atoms with Crippen molar-refractivity contribution in [3.63, 3.8) is 0 Å². The summed E-state index contributed by atoms with van der Waals surface area (Å²) in [5.74, 6) is -3.42. The van der Waals surface area contributed by atoms with Crippen LogP contribution in [0.5, 0.6) is 0 Å². The maximum atomic E-state index is 11.4. The van der Waals surface area contributed by atoms with E-state index in [4.69, 9.17) is 0 Å². The van der Waals surface area contributed by atoms with Gasteiger partial charge in [-0.1, -0.05) is 0 Å². The molecule has 0 spiro atoms. The molecule has 0 saturated heterocycles. The quantitative estimate of drug-likeness (QED) is 0.436. The Morgan fingerprint density at radius 1 is 0.650 bits per heavy atom. The second-order valence-electron chi connectivity index (χ2n) is 6.25. The van der Waals surface area contributed by atoms with Gasteiger partial charge in [-0.25, -0.2) is 9.59 Å². The Labute approximate surface area is 118 Å². The van der Waals surface area contributed by atoms with Crippen molar-refractivity contribution in [1.29, 1.82) is 0 Å². The van der Waals surface area contributed by atoms with Gasteiger partial charge in [0, 0.05) is 12.2 Å². The Bertz CT molecular complexity index is 403. The first-order chi connectivity index (χ1) is 8.84. The normalized spacial score (nSPS) is 12.1. The summed E-state index contributed by atoms with van der Waals surface area (Å²) in [7, 11) is 0. The van der Waals surface area contributed by atoms with Crippen LogP contribution in [0.25, 0.3) is 0 Å². The van der Waals surface area contributed by atoms with E-state index >= 15 is 0 Å². The van der Waals surface area contributed by atoms with Crippen LogP contribution in [0, 0.1) is 10.8 Å². The smallest absolute Gasteiger partial charge is 0.338 e. The van der Waals surface area contributed by atoms with Crippen molar-refractivity contribution in [2.24, 2.45) is 10.8 Å². The Balaban J connectivity index is 4.44. The molecule has 0 amide bonds. The zero-order chi connectivity index (χ0) is 16.1. The highest BCUT2D eigenvalue weighted by Crippen LogP contribution is 2.16. The number of hydrogen-bond acceptors (Lipinski definition) is 6. The lowest BCUT2D eigenvalue weighted by Gasteiger charge is -2.14. The van der Waals surface area contributed by atoms with E-state index in [2.05, 4.69) is 9.47 Å². The van der Waals surface area contributed by atoms with Crippen LogP contribution in [0.4, 0.5) is 0 Å². The summed E-state index contributed by atoms with van der Waals surface area (Å²) in [6.45, 7) is 9.52. The highest BCUT2D eigenvalue weighted by atomic mass is 16.6. The molecular weight excluding hydrogens is 264 g/mol. The van der Waals surface area contributed by atoms with Gasteiger partial charge >= 0.3 is 23.9 Å². The minimum Gasteiger partial charge on any atom is -0.389 e. The average Bonchev–Trinajstić information content (AvgIpc) is 2.23. The molecular formula is C14H20O6. The molecule has 0 bridgehead atoms. The fourth-order valence-electron chi connectivity index (χ4n) is 0.693. The molecule has 0 unspecified atom stereocenters.